The molecule has 2 aromatic heterocycles. The molecule has 6 nitrogen and oxygen atoms in total. The van der Waals surface area contributed by atoms with Crippen molar-refractivity contribution in [1.82, 2.24) is 25.2 Å². The monoisotopic (exact) mass is 311 g/mol. The molecule has 6 heteroatoms. The van der Waals surface area contributed by atoms with Crippen LogP contribution in [-0.4, -0.2) is 45.0 Å². The number of urea groups is 1. The summed E-state index contributed by atoms with van der Waals surface area (Å²) in [5, 5.41) is 4.01. The molecule has 2 aliphatic rings. The fourth-order valence-corrected chi connectivity index (χ4v) is 3.99. The van der Waals surface area contributed by atoms with Gasteiger partial charge in [-0.25, -0.2) is 14.8 Å². The van der Waals surface area contributed by atoms with Gasteiger partial charge in [0.05, 0.1) is 5.69 Å². The standard InChI is InChI=1S/C17H21N5O/c1-2-18-17(23)22-9-3-4-11-12(5-6-14(11)22)15-13-7-8-19-16(13)21-10-20-15/h5,7-8,10-11,14H,2-4,6,9H2,1H3,(H,18,23)(H,19,20,21). The molecule has 2 aromatic rings. The van der Waals surface area contributed by atoms with E-state index in [2.05, 4.69) is 26.3 Å². The zero-order valence-corrected chi connectivity index (χ0v) is 13.2. The molecule has 23 heavy (non-hydrogen) atoms. The highest BCUT2D eigenvalue weighted by Crippen LogP contribution is 2.42. The second-order valence-electron chi connectivity index (χ2n) is 6.20. The van der Waals surface area contributed by atoms with Gasteiger partial charge in [-0.05, 0) is 37.8 Å². The summed E-state index contributed by atoms with van der Waals surface area (Å²) in [5.74, 6) is 0.374. The van der Waals surface area contributed by atoms with E-state index in [0.29, 0.717) is 12.5 Å². The number of rotatable bonds is 2. The van der Waals surface area contributed by atoms with Crippen LogP contribution in [0.15, 0.2) is 24.7 Å². The van der Waals surface area contributed by atoms with Crippen molar-refractivity contribution in [3.8, 4) is 0 Å². The molecule has 2 unspecified atom stereocenters. The quantitative estimate of drug-likeness (QED) is 0.895. The molecular weight excluding hydrogens is 290 g/mol. The Kier molecular flexibility index (Phi) is 3.52. The smallest absolute Gasteiger partial charge is 0.317 e. The Balaban J connectivity index is 1.65. The van der Waals surface area contributed by atoms with Gasteiger partial charge in [-0.3, -0.25) is 0 Å². The first-order chi connectivity index (χ1) is 11.3. The van der Waals surface area contributed by atoms with Crippen LogP contribution in [0.4, 0.5) is 4.79 Å². The Bertz CT molecular complexity index is 765. The summed E-state index contributed by atoms with van der Waals surface area (Å²) in [5.41, 5.74) is 3.16. The van der Waals surface area contributed by atoms with E-state index >= 15 is 0 Å². The molecule has 2 atom stereocenters. The van der Waals surface area contributed by atoms with Crippen molar-refractivity contribution < 1.29 is 4.79 Å². The molecule has 0 saturated carbocycles. The lowest BCUT2D eigenvalue weighted by atomic mass is 9.86. The highest BCUT2D eigenvalue weighted by atomic mass is 16.2. The van der Waals surface area contributed by atoms with Gasteiger partial charge >= 0.3 is 6.03 Å². The molecule has 2 amide bonds. The summed E-state index contributed by atoms with van der Waals surface area (Å²) < 4.78 is 0. The lowest BCUT2D eigenvalue weighted by Crippen LogP contribution is -2.51. The van der Waals surface area contributed by atoms with Crippen molar-refractivity contribution in [2.75, 3.05) is 13.1 Å². The van der Waals surface area contributed by atoms with Crippen LogP contribution in [0.3, 0.4) is 0 Å². The van der Waals surface area contributed by atoms with Crippen molar-refractivity contribution in [2.24, 2.45) is 5.92 Å². The summed E-state index contributed by atoms with van der Waals surface area (Å²) in [6.45, 7) is 3.47. The van der Waals surface area contributed by atoms with Gasteiger partial charge in [0.15, 0.2) is 0 Å². The molecular formula is C17H21N5O. The van der Waals surface area contributed by atoms with Crippen LogP contribution in [0.5, 0.6) is 0 Å². The van der Waals surface area contributed by atoms with Crippen molar-refractivity contribution >= 4 is 22.6 Å². The summed E-state index contributed by atoms with van der Waals surface area (Å²) in [4.78, 5) is 26.3. The van der Waals surface area contributed by atoms with Crippen molar-refractivity contribution in [3.05, 3.63) is 30.4 Å². The normalized spacial score (nSPS) is 23.7. The van der Waals surface area contributed by atoms with Gasteiger partial charge in [-0.1, -0.05) is 6.08 Å². The average molecular weight is 311 g/mol. The van der Waals surface area contributed by atoms with Crippen molar-refractivity contribution in [2.45, 2.75) is 32.2 Å². The van der Waals surface area contributed by atoms with Crippen LogP contribution in [0.1, 0.15) is 31.9 Å². The maximum atomic E-state index is 12.3. The number of aromatic nitrogens is 3. The third-order valence-electron chi connectivity index (χ3n) is 4.97. The third-order valence-corrected chi connectivity index (χ3v) is 4.97. The van der Waals surface area contributed by atoms with E-state index in [1.807, 2.05) is 24.1 Å². The molecule has 1 aliphatic heterocycles. The number of nitrogens with zero attached hydrogens (tertiary/aromatic N) is 3. The summed E-state index contributed by atoms with van der Waals surface area (Å²) in [7, 11) is 0. The van der Waals surface area contributed by atoms with Gasteiger partial charge in [-0.15, -0.1) is 0 Å². The number of piperidine rings is 1. The number of hydrogen-bond donors (Lipinski definition) is 2. The fourth-order valence-electron chi connectivity index (χ4n) is 3.99. The zero-order chi connectivity index (χ0) is 15.8. The Morgan fingerprint density at radius 2 is 2.39 bits per heavy atom. The number of fused-ring (bicyclic) bond motifs is 2. The van der Waals surface area contributed by atoms with Crippen LogP contribution in [-0.2, 0) is 0 Å². The second-order valence-corrected chi connectivity index (χ2v) is 6.20. The van der Waals surface area contributed by atoms with Crippen LogP contribution in [0, 0.1) is 5.92 Å². The number of hydrogen-bond acceptors (Lipinski definition) is 3. The van der Waals surface area contributed by atoms with Gasteiger partial charge in [-0.2, -0.15) is 0 Å². The summed E-state index contributed by atoms with van der Waals surface area (Å²) in [6, 6.07) is 2.35. The van der Waals surface area contributed by atoms with E-state index in [1.54, 1.807) is 6.33 Å². The molecule has 0 radical (unpaired) electrons. The van der Waals surface area contributed by atoms with Crippen molar-refractivity contribution in [1.29, 1.82) is 0 Å². The first-order valence-electron chi connectivity index (χ1n) is 8.32. The lowest BCUT2D eigenvalue weighted by Gasteiger charge is -2.38. The molecule has 0 spiro atoms. The number of nitrogens with one attached hydrogen (secondary N) is 2. The molecule has 1 saturated heterocycles. The van der Waals surface area contributed by atoms with Gasteiger partial charge < -0.3 is 15.2 Å². The number of aromatic amines is 1. The SMILES string of the molecule is CCNC(=O)N1CCCC2C(c3ncnc4[nH]ccc34)=CCC21. The van der Waals surface area contributed by atoms with Gasteiger partial charge in [0.1, 0.15) is 12.0 Å². The molecule has 4 rings (SSSR count). The minimum atomic E-state index is 0.0614. The maximum Gasteiger partial charge on any atom is 0.317 e. The second kappa shape index (κ2) is 5.68. The predicted octanol–water partition coefficient (Wildman–Crippen LogP) is 2.56. The summed E-state index contributed by atoms with van der Waals surface area (Å²) >= 11 is 0. The van der Waals surface area contributed by atoms with Crippen LogP contribution in [0.2, 0.25) is 0 Å². The van der Waals surface area contributed by atoms with E-state index in [4.69, 9.17) is 0 Å². The molecule has 2 N–H and O–H groups in total. The van der Waals surface area contributed by atoms with E-state index in [0.717, 1.165) is 42.5 Å². The molecule has 1 aliphatic carbocycles. The van der Waals surface area contributed by atoms with Crippen LogP contribution >= 0.6 is 0 Å². The lowest BCUT2D eigenvalue weighted by molar-refractivity contribution is 0.138. The third kappa shape index (κ3) is 2.29. The minimum absolute atomic E-state index is 0.0614. The van der Waals surface area contributed by atoms with E-state index < -0.39 is 0 Å². The van der Waals surface area contributed by atoms with Crippen LogP contribution in [0.25, 0.3) is 16.6 Å². The molecule has 0 aromatic carbocycles. The fraction of sp³-hybridized carbons (Fsp3) is 0.471. The molecule has 3 heterocycles. The Hall–Kier alpha value is -2.37. The number of carbonyl (C=O) groups excluding carboxylic acids is 1. The molecule has 120 valence electrons. The van der Waals surface area contributed by atoms with E-state index in [9.17, 15) is 4.79 Å². The maximum absolute atomic E-state index is 12.3. The van der Waals surface area contributed by atoms with Crippen LogP contribution < -0.4 is 5.32 Å². The Labute approximate surface area is 135 Å². The van der Waals surface area contributed by atoms with Gasteiger partial charge in [0.2, 0.25) is 0 Å². The van der Waals surface area contributed by atoms with Gasteiger partial charge in [0.25, 0.3) is 0 Å². The number of carbonyl (C=O) groups is 1. The highest BCUT2D eigenvalue weighted by molar-refractivity contribution is 5.89. The zero-order valence-electron chi connectivity index (χ0n) is 13.2. The first kappa shape index (κ1) is 14.2. The van der Waals surface area contributed by atoms with Crippen molar-refractivity contribution in [3.63, 3.8) is 0 Å². The summed E-state index contributed by atoms with van der Waals surface area (Å²) in [6.07, 6.45) is 8.85. The first-order valence-corrected chi connectivity index (χ1v) is 8.32. The minimum Gasteiger partial charge on any atom is -0.346 e. The average Bonchev–Trinajstić information content (AvgIpc) is 3.21. The highest BCUT2D eigenvalue weighted by Gasteiger charge is 2.40. The molecule has 0 bridgehead atoms. The largest absolute Gasteiger partial charge is 0.346 e. The van der Waals surface area contributed by atoms with E-state index in [1.165, 1.54) is 5.57 Å². The van der Waals surface area contributed by atoms with E-state index in [-0.39, 0.29) is 12.1 Å². The number of H-pyrrole nitrogens is 1. The Morgan fingerprint density at radius 3 is 3.26 bits per heavy atom. The number of likely N-dealkylation sites (tertiary alicyclic amines) is 1. The number of amides is 2. The molecule has 1 fully saturated rings. The van der Waals surface area contributed by atoms with Gasteiger partial charge in [0, 0.05) is 36.6 Å². The Morgan fingerprint density at radius 1 is 1.48 bits per heavy atom. The predicted molar refractivity (Wildman–Crippen MR) is 88.8 cm³/mol. The topological polar surface area (TPSA) is 73.9 Å².